The van der Waals surface area contributed by atoms with E-state index in [9.17, 15) is 4.79 Å². The van der Waals surface area contributed by atoms with Crippen molar-refractivity contribution in [2.45, 2.75) is 13.0 Å². The summed E-state index contributed by atoms with van der Waals surface area (Å²) in [5, 5.41) is 7.34. The Morgan fingerprint density at radius 2 is 2.43 bits per heavy atom. The molecule has 0 aliphatic carbocycles. The number of aryl methyl sites for hydroxylation is 1. The fourth-order valence-electron chi connectivity index (χ4n) is 2.45. The first-order valence-corrected chi connectivity index (χ1v) is 7.21. The number of halogens is 1. The number of ether oxygens (including phenoxy) is 1. The van der Waals surface area contributed by atoms with Crippen LogP contribution in [-0.4, -0.2) is 36.7 Å². The predicted octanol–water partition coefficient (Wildman–Crippen LogP) is 2.12. The molecule has 0 radical (unpaired) electrons. The minimum atomic E-state index is -0.497. The van der Waals surface area contributed by atoms with Crippen molar-refractivity contribution in [3.63, 3.8) is 0 Å². The van der Waals surface area contributed by atoms with Gasteiger partial charge in [-0.15, -0.1) is 0 Å². The second kappa shape index (κ2) is 5.97. The van der Waals surface area contributed by atoms with Crippen LogP contribution in [0.1, 0.15) is 5.56 Å². The average Bonchev–Trinajstić information content (AvgIpc) is 2.52. The zero-order valence-corrected chi connectivity index (χ0v) is 12.4. The number of carbonyl (C=O) groups excluding carboxylic acids is 1. The number of carbonyl (C=O) groups is 1. The molecule has 110 valence electrons. The van der Waals surface area contributed by atoms with Gasteiger partial charge in [0, 0.05) is 24.7 Å². The van der Waals surface area contributed by atoms with Gasteiger partial charge < -0.3 is 15.4 Å². The van der Waals surface area contributed by atoms with Crippen LogP contribution in [0.15, 0.2) is 24.4 Å². The quantitative estimate of drug-likeness (QED) is 0.892. The monoisotopic (exact) mass is 305 g/mol. The standard InChI is InChI=1S/C15H16ClN3O2/c1-9-7-11(16)14(10-3-2-4-18-13(9)10)19-15(20)12-8-17-5-6-21-12/h2-4,7,12,17H,5-6,8H2,1H3,(H,19,20). The van der Waals surface area contributed by atoms with Crippen molar-refractivity contribution in [3.05, 3.63) is 35.0 Å². The first-order chi connectivity index (χ1) is 10.2. The molecule has 2 N–H and O–H groups in total. The molecular formula is C15H16ClN3O2. The van der Waals surface area contributed by atoms with E-state index in [1.165, 1.54) is 0 Å². The van der Waals surface area contributed by atoms with Crippen molar-refractivity contribution in [3.8, 4) is 0 Å². The molecule has 1 aliphatic rings. The lowest BCUT2D eigenvalue weighted by Crippen LogP contribution is -2.45. The highest BCUT2D eigenvalue weighted by atomic mass is 35.5. The number of rotatable bonds is 2. The maximum absolute atomic E-state index is 12.3. The normalized spacial score (nSPS) is 18.7. The van der Waals surface area contributed by atoms with E-state index in [4.69, 9.17) is 16.3 Å². The van der Waals surface area contributed by atoms with E-state index in [0.717, 1.165) is 23.0 Å². The zero-order valence-electron chi connectivity index (χ0n) is 11.6. The molecule has 6 heteroatoms. The third-order valence-corrected chi connectivity index (χ3v) is 3.80. The Labute approximate surface area is 127 Å². The molecule has 1 unspecified atom stereocenters. The number of morpholine rings is 1. The van der Waals surface area contributed by atoms with Crippen molar-refractivity contribution in [1.29, 1.82) is 0 Å². The fraction of sp³-hybridized carbons (Fsp3) is 0.333. The first kappa shape index (κ1) is 14.3. The summed E-state index contributed by atoms with van der Waals surface area (Å²) >= 11 is 6.29. The molecular weight excluding hydrogens is 290 g/mol. The second-order valence-corrected chi connectivity index (χ2v) is 5.41. The molecule has 1 fully saturated rings. The first-order valence-electron chi connectivity index (χ1n) is 6.84. The smallest absolute Gasteiger partial charge is 0.254 e. The van der Waals surface area contributed by atoms with Gasteiger partial charge in [0.2, 0.25) is 0 Å². The lowest BCUT2D eigenvalue weighted by Gasteiger charge is -2.23. The van der Waals surface area contributed by atoms with Crippen LogP contribution >= 0.6 is 11.6 Å². The molecule has 2 heterocycles. The van der Waals surface area contributed by atoms with E-state index in [1.807, 2.05) is 25.1 Å². The number of pyridine rings is 1. The van der Waals surface area contributed by atoms with E-state index in [1.54, 1.807) is 6.20 Å². The summed E-state index contributed by atoms with van der Waals surface area (Å²) < 4.78 is 5.45. The largest absolute Gasteiger partial charge is 0.366 e. The lowest BCUT2D eigenvalue weighted by atomic mass is 10.1. The Balaban J connectivity index is 1.94. The molecule has 0 spiro atoms. The highest BCUT2D eigenvalue weighted by molar-refractivity contribution is 6.35. The summed E-state index contributed by atoms with van der Waals surface area (Å²) in [6.45, 7) is 3.75. The molecule has 1 amide bonds. The van der Waals surface area contributed by atoms with Crippen LogP contribution < -0.4 is 10.6 Å². The molecule has 21 heavy (non-hydrogen) atoms. The van der Waals surface area contributed by atoms with Gasteiger partial charge in [0.15, 0.2) is 0 Å². The minimum absolute atomic E-state index is 0.196. The van der Waals surface area contributed by atoms with Crippen LogP contribution in [0.5, 0.6) is 0 Å². The number of benzene rings is 1. The maximum Gasteiger partial charge on any atom is 0.254 e. The van der Waals surface area contributed by atoms with Gasteiger partial charge >= 0.3 is 0 Å². The highest BCUT2D eigenvalue weighted by Crippen LogP contribution is 2.32. The predicted molar refractivity (Wildman–Crippen MR) is 82.7 cm³/mol. The third-order valence-electron chi connectivity index (χ3n) is 3.50. The minimum Gasteiger partial charge on any atom is -0.366 e. The van der Waals surface area contributed by atoms with E-state index in [-0.39, 0.29) is 5.91 Å². The number of nitrogens with zero attached hydrogens (tertiary/aromatic N) is 1. The summed E-state index contributed by atoms with van der Waals surface area (Å²) in [6.07, 6.45) is 1.23. The van der Waals surface area contributed by atoms with Crippen molar-refractivity contribution in [2.24, 2.45) is 0 Å². The van der Waals surface area contributed by atoms with Gasteiger partial charge in [-0.1, -0.05) is 11.6 Å². The number of anilines is 1. The zero-order chi connectivity index (χ0) is 14.8. The summed E-state index contributed by atoms with van der Waals surface area (Å²) in [4.78, 5) is 16.6. The highest BCUT2D eigenvalue weighted by Gasteiger charge is 2.23. The number of fused-ring (bicyclic) bond motifs is 1. The Morgan fingerprint density at radius 3 is 3.19 bits per heavy atom. The van der Waals surface area contributed by atoms with Crippen molar-refractivity contribution in [2.75, 3.05) is 25.0 Å². The summed E-state index contributed by atoms with van der Waals surface area (Å²) in [7, 11) is 0. The van der Waals surface area contributed by atoms with Gasteiger partial charge in [0.1, 0.15) is 6.10 Å². The van der Waals surface area contributed by atoms with Crippen molar-refractivity contribution in [1.82, 2.24) is 10.3 Å². The number of hydrogen-bond acceptors (Lipinski definition) is 4. The Morgan fingerprint density at radius 1 is 1.57 bits per heavy atom. The Hall–Kier alpha value is -1.69. The van der Waals surface area contributed by atoms with Crippen LogP contribution in [0.2, 0.25) is 5.02 Å². The van der Waals surface area contributed by atoms with Gasteiger partial charge in [0.25, 0.3) is 5.91 Å². The molecule has 3 rings (SSSR count). The van der Waals surface area contributed by atoms with Crippen LogP contribution in [0.4, 0.5) is 5.69 Å². The molecule has 1 aromatic heterocycles. The molecule has 1 saturated heterocycles. The SMILES string of the molecule is Cc1cc(Cl)c(NC(=O)C2CNCCO2)c2cccnc12. The van der Waals surface area contributed by atoms with Crippen LogP contribution in [0.25, 0.3) is 10.9 Å². The number of nitrogens with one attached hydrogen (secondary N) is 2. The van der Waals surface area contributed by atoms with E-state index in [2.05, 4.69) is 15.6 Å². The summed E-state index contributed by atoms with van der Waals surface area (Å²) in [6, 6.07) is 5.54. The topological polar surface area (TPSA) is 63.2 Å². The van der Waals surface area contributed by atoms with Gasteiger partial charge in [-0.3, -0.25) is 9.78 Å². The molecule has 2 aromatic rings. The third kappa shape index (κ3) is 2.85. The molecule has 0 saturated carbocycles. The van der Waals surface area contributed by atoms with E-state index >= 15 is 0 Å². The van der Waals surface area contributed by atoms with Crippen LogP contribution in [0, 0.1) is 6.92 Å². The number of amides is 1. The van der Waals surface area contributed by atoms with Crippen LogP contribution in [-0.2, 0) is 9.53 Å². The lowest BCUT2D eigenvalue weighted by molar-refractivity contribution is -0.128. The number of aromatic nitrogens is 1. The number of hydrogen-bond donors (Lipinski definition) is 2. The van der Waals surface area contributed by atoms with Crippen molar-refractivity contribution < 1.29 is 9.53 Å². The average molecular weight is 306 g/mol. The van der Waals surface area contributed by atoms with Crippen LogP contribution in [0.3, 0.4) is 0 Å². The van der Waals surface area contributed by atoms with E-state index in [0.29, 0.717) is 23.9 Å². The maximum atomic E-state index is 12.3. The van der Waals surface area contributed by atoms with Gasteiger partial charge in [-0.2, -0.15) is 0 Å². The van der Waals surface area contributed by atoms with Gasteiger partial charge in [0.05, 0.1) is 22.8 Å². The summed E-state index contributed by atoms with van der Waals surface area (Å²) in [5.41, 5.74) is 2.40. The summed E-state index contributed by atoms with van der Waals surface area (Å²) in [5.74, 6) is -0.196. The molecule has 1 aliphatic heterocycles. The van der Waals surface area contributed by atoms with Gasteiger partial charge in [-0.05, 0) is 30.7 Å². The fourth-order valence-corrected chi connectivity index (χ4v) is 2.76. The molecule has 5 nitrogen and oxygen atoms in total. The molecule has 1 atom stereocenters. The van der Waals surface area contributed by atoms with Crippen molar-refractivity contribution >= 4 is 34.1 Å². The second-order valence-electron chi connectivity index (χ2n) is 5.00. The van der Waals surface area contributed by atoms with E-state index < -0.39 is 6.10 Å². The van der Waals surface area contributed by atoms with Gasteiger partial charge in [-0.25, -0.2) is 0 Å². The Bertz CT molecular complexity index is 684. The molecule has 1 aromatic carbocycles. The Kier molecular flexibility index (Phi) is 4.05. The molecule has 0 bridgehead atoms.